The van der Waals surface area contributed by atoms with Gasteiger partial charge in [-0.1, -0.05) is 18.2 Å². The molecule has 3 rings (SSSR count). The van der Waals surface area contributed by atoms with Crippen molar-refractivity contribution in [1.29, 1.82) is 0 Å². The standard InChI is InChI=1S/C18H18FNO3/c1-2-23-18(22)14-11-13(10-12-6-3-4-7-15(12)19)17(21)20-9-5-8-16(14)20/h3-4,6-7,11H,2,5,8-10H2,1H3. The van der Waals surface area contributed by atoms with E-state index in [1.54, 1.807) is 35.8 Å². The van der Waals surface area contributed by atoms with Gasteiger partial charge in [-0.2, -0.15) is 0 Å². The van der Waals surface area contributed by atoms with Crippen LogP contribution in [0.2, 0.25) is 0 Å². The van der Waals surface area contributed by atoms with Crippen molar-refractivity contribution in [3.05, 3.63) is 68.9 Å². The Hall–Kier alpha value is -2.43. The highest BCUT2D eigenvalue weighted by atomic mass is 19.1. The summed E-state index contributed by atoms with van der Waals surface area (Å²) in [5, 5.41) is 0. The number of pyridine rings is 1. The van der Waals surface area contributed by atoms with Crippen molar-refractivity contribution in [2.75, 3.05) is 6.61 Å². The van der Waals surface area contributed by atoms with E-state index in [1.165, 1.54) is 6.07 Å². The summed E-state index contributed by atoms with van der Waals surface area (Å²) in [4.78, 5) is 24.8. The number of fused-ring (bicyclic) bond motifs is 1. The molecular formula is C18H18FNO3. The first-order valence-corrected chi connectivity index (χ1v) is 7.78. The quantitative estimate of drug-likeness (QED) is 0.815. The summed E-state index contributed by atoms with van der Waals surface area (Å²) in [6.07, 6.45) is 1.67. The van der Waals surface area contributed by atoms with Gasteiger partial charge in [0.2, 0.25) is 0 Å². The number of benzene rings is 1. The summed E-state index contributed by atoms with van der Waals surface area (Å²) >= 11 is 0. The smallest absolute Gasteiger partial charge is 0.339 e. The van der Waals surface area contributed by atoms with Crippen LogP contribution in [0.25, 0.3) is 0 Å². The molecule has 0 saturated carbocycles. The number of carbonyl (C=O) groups is 1. The van der Waals surface area contributed by atoms with E-state index in [1.807, 2.05) is 0 Å². The zero-order chi connectivity index (χ0) is 16.4. The van der Waals surface area contributed by atoms with Crippen molar-refractivity contribution in [3.63, 3.8) is 0 Å². The van der Waals surface area contributed by atoms with E-state index in [4.69, 9.17) is 4.74 Å². The van der Waals surface area contributed by atoms with Gasteiger partial charge in [-0.05, 0) is 37.5 Å². The van der Waals surface area contributed by atoms with Gasteiger partial charge in [0.05, 0.1) is 12.2 Å². The number of aromatic nitrogens is 1. The number of nitrogens with zero attached hydrogens (tertiary/aromatic N) is 1. The average molecular weight is 315 g/mol. The normalized spacial score (nSPS) is 13.0. The van der Waals surface area contributed by atoms with Crippen LogP contribution >= 0.6 is 0 Å². The average Bonchev–Trinajstić information content (AvgIpc) is 3.02. The minimum atomic E-state index is -0.423. The fourth-order valence-electron chi connectivity index (χ4n) is 3.03. The number of rotatable bonds is 4. The predicted octanol–water partition coefficient (Wildman–Crippen LogP) is 2.70. The molecule has 5 heteroatoms. The maximum absolute atomic E-state index is 13.9. The van der Waals surface area contributed by atoms with Gasteiger partial charge in [0.25, 0.3) is 5.56 Å². The Kier molecular flexibility index (Phi) is 4.28. The van der Waals surface area contributed by atoms with E-state index >= 15 is 0 Å². The first kappa shape index (κ1) is 15.5. The Balaban J connectivity index is 2.07. The van der Waals surface area contributed by atoms with Crippen LogP contribution in [0.1, 0.15) is 40.5 Å². The molecule has 2 aromatic rings. The molecule has 23 heavy (non-hydrogen) atoms. The Morgan fingerprint density at radius 3 is 2.83 bits per heavy atom. The monoisotopic (exact) mass is 315 g/mol. The zero-order valence-electron chi connectivity index (χ0n) is 13.0. The number of esters is 1. The van der Waals surface area contributed by atoms with Gasteiger partial charge >= 0.3 is 5.97 Å². The van der Waals surface area contributed by atoms with E-state index in [-0.39, 0.29) is 24.4 Å². The third-order valence-corrected chi connectivity index (χ3v) is 4.10. The first-order chi connectivity index (χ1) is 11.1. The lowest BCUT2D eigenvalue weighted by molar-refractivity contribution is 0.0524. The molecule has 4 nitrogen and oxygen atoms in total. The van der Waals surface area contributed by atoms with Gasteiger partial charge in [0.1, 0.15) is 5.82 Å². The largest absolute Gasteiger partial charge is 0.462 e. The number of carbonyl (C=O) groups excluding carboxylic acids is 1. The molecule has 0 saturated heterocycles. The van der Waals surface area contributed by atoms with Gasteiger partial charge in [-0.15, -0.1) is 0 Å². The molecule has 1 aliphatic rings. The highest BCUT2D eigenvalue weighted by molar-refractivity contribution is 5.91. The van der Waals surface area contributed by atoms with Crippen LogP contribution in [0.3, 0.4) is 0 Å². The Morgan fingerprint density at radius 2 is 2.09 bits per heavy atom. The van der Waals surface area contributed by atoms with Gasteiger partial charge in [-0.25, -0.2) is 9.18 Å². The lowest BCUT2D eigenvalue weighted by Crippen LogP contribution is -2.26. The summed E-state index contributed by atoms with van der Waals surface area (Å²) in [6, 6.07) is 7.93. The molecule has 0 N–H and O–H groups in total. The summed E-state index contributed by atoms with van der Waals surface area (Å²) < 4.78 is 20.6. The van der Waals surface area contributed by atoms with Crippen molar-refractivity contribution in [1.82, 2.24) is 4.57 Å². The second-order valence-electron chi connectivity index (χ2n) is 5.58. The second-order valence-corrected chi connectivity index (χ2v) is 5.58. The highest BCUT2D eigenvalue weighted by Crippen LogP contribution is 2.21. The Labute approximate surface area is 133 Å². The van der Waals surface area contributed by atoms with E-state index in [9.17, 15) is 14.0 Å². The van der Waals surface area contributed by atoms with Crippen LogP contribution in [-0.4, -0.2) is 17.1 Å². The van der Waals surface area contributed by atoms with Crippen molar-refractivity contribution in [3.8, 4) is 0 Å². The summed E-state index contributed by atoms with van der Waals surface area (Å²) in [7, 11) is 0. The van der Waals surface area contributed by atoms with Gasteiger partial charge < -0.3 is 9.30 Å². The second kappa shape index (κ2) is 6.36. The predicted molar refractivity (Wildman–Crippen MR) is 84.2 cm³/mol. The molecule has 0 aliphatic carbocycles. The maximum atomic E-state index is 13.9. The minimum Gasteiger partial charge on any atom is -0.462 e. The van der Waals surface area contributed by atoms with E-state index in [0.717, 1.165) is 12.1 Å². The van der Waals surface area contributed by atoms with Gasteiger partial charge in [-0.3, -0.25) is 4.79 Å². The van der Waals surface area contributed by atoms with Crippen LogP contribution < -0.4 is 5.56 Å². The van der Waals surface area contributed by atoms with Crippen LogP contribution in [0.4, 0.5) is 4.39 Å². The summed E-state index contributed by atoms with van der Waals surface area (Å²) in [6.45, 7) is 2.61. The third kappa shape index (κ3) is 2.91. The molecule has 0 spiro atoms. The minimum absolute atomic E-state index is 0.145. The Bertz CT molecular complexity index is 810. The van der Waals surface area contributed by atoms with Crippen molar-refractivity contribution in [2.45, 2.75) is 32.7 Å². The number of hydrogen-bond acceptors (Lipinski definition) is 3. The molecule has 0 amide bonds. The summed E-state index contributed by atoms with van der Waals surface area (Å²) in [5.74, 6) is -0.775. The molecule has 0 fully saturated rings. The molecule has 0 bridgehead atoms. The third-order valence-electron chi connectivity index (χ3n) is 4.10. The maximum Gasteiger partial charge on any atom is 0.339 e. The fraction of sp³-hybridized carbons (Fsp3) is 0.333. The van der Waals surface area contributed by atoms with Gasteiger partial charge in [0, 0.05) is 24.2 Å². The molecule has 0 atom stereocenters. The van der Waals surface area contributed by atoms with Crippen molar-refractivity contribution in [2.24, 2.45) is 0 Å². The lowest BCUT2D eigenvalue weighted by Gasteiger charge is -2.12. The zero-order valence-corrected chi connectivity index (χ0v) is 13.0. The number of ether oxygens (including phenoxy) is 1. The SMILES string of the molecule is CCOC(=O)c1cc(Cc2ccccc2F)c(=O)n2c1CCC2. The molecule has 1 aliphatic heterocycles. The van der Waals surface area contributed by atoms with E-state index < -0.39 is 5.97 Å². The number of halogens is 1. The Morgan fingerprint density at radius 1 is 1.30 bits per heavy atom. The highest BCUT2D eigenvalue weighted by Gasteiger charge is 2.24. The lowest BCUT2D eigenvalue weighted by atomic mass is 10.0. The molecule has 0 radical (unpaired) electrons. The van der Waals surface area contributed by atoms with E-state index in [0.29, 0.717) is 29.7 Å². The van der Waals surface area contributed by atoms with Gasteiger partial charge in [0.15, 0.2) is 0 Å². The number of hydrogen-bond donors (Lipinski definition) is 0. The molecule has 0 unspecified atom stereocenters. The van der Waals surface area contributed by atoms with Crippen LogP contribution in [0.5, 0.6) is 0 Å². The molecule has 120 valence electrons. The molecular weight excluding hydrogens is 297 g/mol. The van der Waals surface area contributed by atoms with Crippen molar-refractivity contribution < 1.29 is 13.9 Å². The van der Waals surface area contributed by atoms with Crippen molar-refractivity contribution >= 4 is 5.97 Å². The van der Waals surface area contributed by atoms with Crippen LogP contribution in [-0.2, 0) is 24.1 Å². The van der Waals surface area contributed by atoms with Crippen LogP contribution in [0, 0.1) is 5.82 Å². The molecule has 1 aromatic heterocycles. The topological polar surface area (TPSA) is 48.3 Å². The van der Waals surface area contributed by atoms with Crippen LogP contribution in [0.15, 0.2) is 35.1 Å². The molecule has 1 aromatic carbocycles. The van der Waals surface area contributed by atoms with E-state index in [2.05, 4.69) is 0 Å². The fourth-order valence-corrected chi connectivity index (χ4v) is 3.03. The molecule has 2 heterocycles. The summed E-state index contributed by atoms with van der Waals surface area (Å²) in [5.41, 5.74) is 1.87. The first-order valence-electron chi connectivity index (χ1n) is 7.78.